The number of hydrogen-bond donors (Lipinski definition) is 0. The largest absolute Gasteiger partial charge is 0.0776 e. The molecule has 0 atom stereocenters. The van der Waals surface area contributed by atoms with Gasteiger partial charge in [0.1, 0.15) is 0 Å². The van der Waals surface area contributed by atoms with Crippen LogP contribution in [0.2, 0.25) is 0 Å². The van der Waals surface area contributed by atoms with E-state index in [9.17, 15) is 0 Å². The van der Waals surface area contributed by atoms with Gasteiger partial charge in [-0.2, -0.15) is 0 Å². The number of hydrogen-bond acceptors (Lipinski definition) is 0. The van der Waals surface area contributed by atoms with Gasteiger partial charge in [-0.05, 0) is 0 Å². The Kier molecular flexibility index (Phi) is 20.6. The zero-order chi connectivity index (χ0) is 7.07. The van der Waals surface area contributed by atoms with Gasteiger partial charge in [-0.15, -0.1) is 0 Å². The molecule has 0 unspecified atom stereocenters. The molecular formula is C12H18Zr. The summed E-state index contributed by atoms with van der Waals surface area (Å²) in [7, 11) is 0. The summed E-state index contributed by atoms with van der Waals surface area (Å²) in [4.78, 5) is 0. The van der Waals surface area contributed by atoms with E-state index in [0.717, 1.165) is 0 Å². The van der Waals surface area contributed by atoms with Crippen molar-refractivity contribution in [2.24, 2.45) is 0 Å². The van der Waals surface area contributed by atoms with E-state index in [4.69, 9.17) is 0 Å². The Morgan fingerprint density at radius 1 is 0.385 bits per heavy atom. The van der Waals surface area contributed by atoms with E-state index in [1.54, 1.807) is 0 Å². The number of allylic oxidation sites excluding steroid dienone is 8. The summed E-state index contributed by atoms with van der Waals surface area (Å²) in [5, 5.41) is 0. The Morgan fingerprint density at radius 2 is 0.615 bits per heavy atom. The smallest absolute Gasteiger partial charge is 0.00506 e. The molecule has 70 valence electrons. The molecule has 2 aliphatic carbocycles. The van der Waals surface area contributed by atoms with E-state index in [0.29, 0.717) is 0 Å². The van der Waals surface area contributed by atoms with Crippen molar-refractivity contribution in [3.8, 4) is 0 Å². The molecule has 0 aliphatic heterocycles. The summed E-state index contributed by atoms with van der Waals surface area (Å²) >= 11 is 0. The van der Waals surface area contributed by atoms with E-state index >= 15 is 0 Å². The fourth-order valence-corrected chi connectivity index (χ4v) is 0.642. The zero-order valence-corrected chi connectivity index (χ0v) is 8.73. The van der Waals surface area contributed by atoms with Crippen molar-refractivity contribution in [1.29, 1.82) is 0 Å². The molecule has 0 aromatic carbocycles. The Labute approximate surface area is 102 Å². The Balaban J connectivity index is -0.000000125. The minimum Gasteiger partial charge on any atom is -0.0776 e. The van der Waals surface area contributed by atoms with Crippen molar-refractivity contribution in [2.45, 2.75) is 14.9 Å². The van der Waals surface area contributed by atoms with Crippen LogP contribution in [0.3, 0.4) is 0 Å². The van der Waals surface area contributed by atoms with E-state index in [1.807, 2.05) is 61.4 Å². The third kappa shape index (κ3) is 11.8. The second kappa shape index (κ2) is 14.4. The first-order valence-electron chi connectivity index (χ1n) is 3.33. The summed E-state index contributed by atoms with van der Waals surface area (Å²) in [6, 6.07) is 0. The minimum atomic E-state index is 0. The van der Waals surface area contributed by atoms with Gasteiger partial charge in [-0.1, -0.05) is 63.5 Å². The Hall–Kier alpha value is -0.157. The molecule has 0 spiro atoms. The molecule has 1 heteroatoms. The fourth-order valence-electron chi connectivity index (χ4n) is 0.642. The maximum Gasteiger partial charge on any atom is 0.00506 e. The topological polar surface area (TPSA) is 0 Å². The molecule has 0 amide bonds. The van der Waals surface area contributed by atoms with Gasteiger partial charge in [-0.3, -0.25) is 0 Å². The molecule has 0 saturated carbocycles. The van der Waals surface area contributed by atoms with Gasteiger partial charge in [0.15, 0.2) is 0 Å². The van der Waals surface area contributed by atoms with Crippen molar-refractivity contribution in [3.05, 3.63) is 61.4 Å². The SMILES string of the molecule is C.C.[CH]1C=CC=C1.[CH]1C=CC=C1.[Zr]. The summed E-state index contributed by atoms with van der Waals surface area (Å²) in [6.45, 7) is 0. The molecule has 0 aromatic rings. The predicted molar refractivity (Wildman–Crippen MR) is 58.6 cm³/mol. The predicted octanol–water partition coefficient (Wildman–Crippen LogP) is 3.90. The third-order valence-corrected chi connectivity index (χ3v) is 1.11. The van der Waals surface area contributed by atoms with E-state index in [2.05, 4.69) is 0 Å². The molecule has 0 N–H and O–H groups in total. The van der Waals surface area contributed by atoms with Crippen molar-refractivity contribution in [1.82, 2.24) is 0 Å². The normalized spacial score (nSPS) is 13.5. The van der Waals surface area contributed by atoms with Crippen LogP contribution < -0.4 is 0 Å². The Bertz CT molecular complexity index is 143. The van der Waals surface area contributed by atoms with Crippen LogP contribution in [0.5, 0.6) is 0 Å². The monoisotopic (exact) mass is 252 g/mol. The van der Waals surface area contributed by atoms with Crippen LogP contribution in [-0.4, -0.2) is 0 Å². The van der Waals surface area contributed by atoms with Gasteiger partial charge < -0.3 is 0 Å². The zero-order valence-electron chi connectivity index (χ0n) is 6.27. The minimum absolute atomic E-state index is 0. The maximum atomic E-state index is 2.00. The molecule has 0 heterocycles. The van der Waals surface area contributed by atoms with Gasteiger partial charge in [0.05, 0.1) is 0 Å². The second-order valence-corrected chi connectivity index (χ2v) is 1.92. The van der Waals surface area contributed by atoms with Crippen molar-refractivity contribution >= 4 is 0 Å². The fraction of sp³-hybridized carbons (Fsp3) is 0.167. The Morgan fingerprint density at radius 3 is 0.692 bits per heavy atom. The van der Waals surface area contributed by atoms with Crippen molar-refractivity contribution in [3.63, 3.8) is 0 Å². The molecule has 2 radical (unpaired) electrons. The van der Waals surface area contributed by atoms with E-state index in [-0.39, 0.29) is 41.1 Å². The van der Waals surface area contributed by atoms with Crippen LogP contribution >= 0.6 is 0 Å². The second-order valence-electron chi connectivity index (χ2n) is 1.92. The van der Waals surface area contributed by atoms with Gasteiger partial charge >= 0.3 is 0 Å². The van der Waals surface area contributed by atoms with E-state index in [1.165, 1.54) is 0 Å². The number of rotatable bonds is 0. The van der Waals surface area contributed by atoms with Gasteiger partial charge in [0, 0.05) is 39.0 Å². The van der Waals surface area contributed by atoms with Crippen molar-refractivity contribution in [2.75, 3.05) is 0 Å². The van der Waals surface area contributed by atoms with Gasteiger partial charge in [-0.25, -0.2) is 0 Å². The van der Waals surface area contributed by atoms with Crippen LogP contribution in [0.15, 0.2) is 48.6 Å². The molecule has 0 nitrogen and oxygen atoms in total. The molecule has 13 heavy (non-hydrogen) atoms. The van der Waals surface area contributed by atoms with Crippen molar-refractivity contribution < 1.29 is 26.2 Å². The van der Waals surface area contributed by atoms with Crippen LogP contribution in [0.1, 0.15) is 14.9 Å². The average molecular weight is 254 g/mol. The van der Waals surface area contributed by atoms with Crippen LogP contribution in [0.25, 0.3) is 0 Å². The van der Waals surface area contributed by atoms with Crippen LogP contribution in [0.4, 0.5) is 0 Å². The standard InChI is InChI=1S/2C5H5.2CH4.Zr/c2*1-2-4-5-3-1;;;/h2*1-5H;2*1H4;. The maximum absolute atomic E-state index is 2.00. The summed E-state index contributed by atoms with van der Waals surface area (Å²) in [5.74, 6) is 0. The van der Waals surface area contributed by atoms with Gasteiger partial charge in [0.2, 0.25) is 0 Å². The first-order valence-corrected chi connectivity index (χ1v) is 3.33. The first kappa shape index (κ1) is 18.6. The molecule has 0 fully saturated rings. The third-order valence-electron chi connectivity index (χ3n) is 1.11. The summed E-state index contributed by atoms with van der Waals surface area (Å²) < 4.78 is 0. The molecule has 2 rings (SSSR count). The molecule has 0 bridgehead atoms. The van der Waals surface area contributed by atoms with E-state index < -0.39 is 0 Å². The van der Waals surface area contributed by atoms with Gasteiger partial charge in [0.25, 0.3) is 0 Å². The molecule has 0 saturated heterocycles. The molecule has 2 aliphatic rings. The molecule has 0 aromatic heterocycles. The van der Waals surface area contributed by atoms with Crippen LogP contribution in [-0.2, 0) is 26.2 Å². The summed E-state index contributed by atoms with van der Waals surface area (Å²) in [6.07, 6.45) is 20.0. The first-order chi connectivity index (χ1) is 5.00. The molecular weight excluding hydrogens is 235 g/mol. The van der Waals surface area contributed by atoms with Crippen LogP contribution in [0, 0.1) is 12.8 Å². The average Bonchev–Trinajstić information content (AvgIpc) is 2.67. The summed E-state index contributed by atoms with van der Waals surface area (Å²) in [5.41, 5.74) is 0. The quantitative estimate of drug-likeness (QED) is 0.614.